The molecule has 9 heteroatoms. The van der Waals surface area contributed by atoms with Crippen LogP contribution in [-0.4, -0.2) is 49.1 Å². The molecule has 1 unspecified atom stereocenters. The third-order valence-corrected chi connectivity index (χ3v) is 3.88. The van der Waals surface area contributed by atoms with E-state index >= 15 is 0 Å². The van der Waals surface area contributed by atoms with Gasteiger partial charge in [-0.3, -0.25) is 9.78 Å². The maximum absolute atomic E-state index is 12.0. The van der Waals surface area contributed by atoms with Gasteiger partial charge in [0.05, 0.1) is 12.1 Å². The van der Waals surface area contributed by atoms with Crippen LogP contribution in [0.5, 0.6) is 5.75 Å². The van der Waals surface area contributed by atoms with Crippen molar-refractivity contribution < 1.29 is 9.53 Å². The molecular weight excluding hydrogens is 505 g/mol. The highest BCUT2D eigenvalue weighted by Gasteiger charge is 2.06. The van der Waals surface area contributed by atoms with Gasteiger partial charge in [0.1, 0.15) is 11.9 Å². The molecule has 0 saturated heterocycles. The van der Waals surface area contributed by atoms with E-state index in [1.54, 1.807) is 30.5 Å². The Labute approximate surface area is 193 Å². The summed E-state index contributed by atoms with van der Waals surface area (Å²) in [4.78, 5) is 20.4. The first-order chi connectivity index (χ1) is 13.6. The zero-order valence-electron chi connectivity index (χ0n) is 16.5. The Morgan fingerprint density at radius 2 is 1.90 bits per heavy atom. The van der Waals surface area contributed by atoms with Crippen LogP contribution in [-0.2, 0) is 0 Å². The Morgan fingerprint density at radius 1 is 1.17 bits per heavy atom. The number of aliphatic imine (C=N–C) groups is 1. The van der Waals surface area contributed by atoms with Crippen LogP contribution in [0.4, 0.5) is 0 Å². The molecule has 29 heavy (non-hydrogen) atoms. The highest BCUT2D eigenvalue weighted by atomic mass is 127. The van der Waals surface area contributed by atoms with Gasteiger partial charge in [0, 0.05) is 37.1 Å². The van der Waals surface area contributed by atoms with Gasteiger partial charge in [0.2, 0.25) is 0 Å². The third-order valence-electron chi connectivity index (χ3n) is 3.63. The number of nitrogens with one attached hydrogen (secondary N) is 3. The number of rotatable bonds is 9. The van der Waals surface area contributed by atoms with Crippen LogP contribution in [0.25, 0.3) is 0 Å². The highest BCUT2D eigenvalue weighted by Crippen LogP contribution is 2.16. The normalized spacial score (nSPS) is 11.8. The van der Waals surface area contributed by atoms with Crippen LogP contribution in [0.3, 0.4) is 0 Å². The Balaban J connectivity index is 0.00000420. The summed E-state index contributed by atoms with van der Waals surface area (Å²) in [6, 6.07) is 10.7. The van der Waals surface area contributed by atoms with Crippen molar-refractivity contribution in [1.29, 1.82) is 0 Å². The second kappa shape index (κ2) is 14.0. The number of benzene rings is 1. The lowest BCUT2D eigenvalue weighted by molar-refractivity contribution is 0.0954. The van der Waals surface area contributed by atoms with Gasteiger partial charge >= 0.3 is 0 Å². The van der Waals surface area contributed by atoms with E-state index in [2.05, 4.69) is 25.9 Å². The standard InChI is InChI=1S/C20H26ClN5O2.HI/c1-3-23-20(25-12-11-24-19(27)16-5-4-10-22-14-16)26-13-15(2)28-18-8-6-17(21)7-9-18;/h4-10,14-15H,3,11-13H2,1-2H3,(H,24,27)(H2,23,25,26);1H. The number of amides is 1. The molecule has 1 aromatic heterocycles. The zero-order valence-corrected chi connectivity index (χ0v) is 19.6. The van der Waals surface area contributed by atoms with Crippen molar-refractivity contribution in [3.05, 3.63) is 59.4 Å². The molecule has 1 heterocycles. The summed E-state index contributed by atoms with van der Waals surface area (Å²) in [5, 5.41) is 9.87. The van der Waals surface area contributed by atoms with Crippen LogP contribution in [0, 0.1) is 0 Å². The van der Waals surface area contributed by atoms with Crippen LogP contribution in [0.1, 0.15) is 24.2 Å². The smallest absolute Gasteiger partial charge is 0.252 e. The minimum Gasteiger partial charge on any atom is -0.489 e. The largest absolute Gasteiger partial charge is 0.489 e. The Morgan fingerprint density at radius 3 is 2.55 bits per heavy atom. The van der Waals surface area contributed by atoms with E-state index in [0.717, 1.165) is 12.3 Å². The fourth-order valence-corrected chi connectivity index (χ4v) is 2.43. The summed E-state index contributed by atoms with van der Waals surface area (Å²) in [5.41, 5.74) is 0.538. The number of hydrogen-bond donors (Lipinski definition) is 3. The lowest BCUT2D eigenvalue weighted by Crippen LogP contribution is -2.42. The van der Waals surface area contributed by atoms with Crippen molar-refractivity contribution in [2.75, 3.05) is 26.2 Å². The number of carbonyl (C=O) groups is 1. The van der Waals surface area contributed by atoms with Crippen molar-refractivity contribution >= 4 is 47.4 Å². The van der Waals surface area contributed by atoms with Crippen LogP contribution >= 0.6 is 35.6 Å². The number of guanidine groups is 1. The van der Waals surface area contributed by atoms with Gasteiger partial charge in [0.15, 0.2) is 5.96 Å². The molecule has 158 valence electrons. The molecule has 0 saturated carbocycles. The summed E-state index contributed by atoms with van der Waals surface area (Å²) >= 11 is 5.88. The maximum Gasteiger partial charge on any atom is 0.252 e. The summed E-state index contributed by atoms with van der Waals surface area (Å²) in [7, 11) is 0. The number of hydrogen-bond acceptors (Lipinski definition) is 4. The molecular formula is C20H27ClIN5O2. The minimum atomic E-state index is -0.151. The monoisotopic (exact) mass is 531 g/mol. The lowest BCUT2D eigenvalue weighted by atomic mass is 10.3. The molecule has 1 amide bonds. The topological polar surface area (TPSA) is 87.6 Å². The summed E-state index contributed by atoms with van der Waals surface area (Å²) < 4.78 is 5.82. The molecule has 1 atom stereocenters. The van der Waals surface area contributed by atoms with Crippen molar-refractivity contribution in [3.63, 3.8) is 0 Å². The van der Waals surface area contributed by atoms with Gasteiger partial charge < -0.3 is 20.7 Å². The molecule has 0 bridgehead atoms. The average Bonchev–Trinajstić information content (AvgIpc) is 2.71. The van der Waals surface area contributed by atoms with Crippen molar-refractivity contribution in [3.8, 4) is 5.75 Å². The van der Waals surface area contributed by atoms with Gasteiger partial charge in [0.25, 0.3) is 5.91 Å². The first kappa shape index (κ1) is 25.0. The van der Waals surface area contributed by atoms with Gasteiger partial charge in [-0.2, -0.15) is 0 Å². The molecule has 0 fully saturated rings. The number of nitrogens with zero attached hydrogens (tertiary/aromatic N) is 2. The predicted molar refractivity (Wildman–Crippen MR) is 128 cm³/mol. The molecule has 0 spiro atoms. The Kier molecular flexibility index (Phi) is 12.1. The molecule has 7 nitrogen and oxygen atoms in total. The first-order valence-corrected chi connectivity index (χ1v) is 9.59. The number of carbonyl (C=O) groups excluding carboxylic acids is 1. The van der Waals surface area contributed by atoms with Crippen molar-refractivity contribution in [2.45, 2.75) is 20.0 Å². The predicted octanol–water partition coefficient (Wildman–Crippen LogP) is 3.11. The van der Waals surface area contributed by atoms with Crippen molar-refractivity contribution in [1.82, 2.24) is 20.9 Å². The third kappa shape index (κ3) is 9.80. The first-order valence-electron chi connectivity index (χ1n) is 9.21. The van der Waals surface area contributed by atoms with E-state index in [0.29, 0.717) is 36.2 Å². The van der Waals surface area contributed by atoms with Crippen LogP contribution in [0.15, 0.2) is 53.8 Å². The molecule has 0 radical (unpaired) electrons. The summed E-state index contributed by atoms with van der Waals surface area (Å²) in [6.45, 7) is 6.18. The van der Waals surface area contributed by atoms with Gasteiger partial charge in [-0.15, -0.1) is 24.0 Å². The van der Waals surface area contributed by atoms with Gasteiger partial charge in [-0.1, -0.05) is 11.6 Å². The second-order valence-corrected chi connectivity index (χ2v) is 6.46. The molecule has 0 aliphatic heterocycles. The molecule has 0 aliphatic rings. The highest BCUT2D eigenvalue weighted by molar-refractivity contribution is 14.0. The lowest BCUT2D eigenvalue weighted by Gasteiger charge is -2.15. The van der Waals surface area contributed by atoms with Crippen molar-refractivity contribution in [2.24, 2.45) is 4.99 Å². The van der Waals surface area contributed by atoms with E-state index in [1.165, 1.54) is 6.20 Å². The average molecular weight is 532 g/mol. The molecule has 2 aromatic rings. The number of ether oxygens (including phenoxy) is 1. The van der Waals surface area contributed by atoms with Gasteiger partial charge in [-0.25, -0.2) is 4.99 Å². The summed E-state index contributed by atoms with van der Waals surface area (Å²) in [5.74, 6) is 1.27. The number of aromatic nitrogens is 1. The maximum atomic E-state index is 12.0. The second-order valence-electron chi connectivity index (χ2n) is 6.03. The van der Waals surface area contributed by atoms with E-state index in [4.69, 9.17) is 16.3 Å². The SMILES string of the molecule is CCNC(=NCC(C)Oc1ccc(Cl)cc1)NCCNC(=O)c1cccnc1.I. The fourth-order valence-electron chi connectivity index (χ4n) is 2.30. The molecule has 2 rings (SSSR count). The zero-order chi connectivity index (χ0) is 20.2. The molecule has 0 aliphatic carbocycles. The quantitative estimate of drug-likeness (QED) is 0.200. The Hall–Kier alpha value is -2.07. The summed E-state index contributed by atoms with van der Waals surface area (Å²) in [6.07, 6.45) is 3.08. The number of pyridine rings is 1. The van der Waals surface area contributed by atoms with E-state index < -0.39 is 0 Å². The molecule has 3 N–H and O–H groups in total. The fraction of sp³-hybridized carbons (Fsp3) is 0.350. The van der Waals surface area contributed by atoms with E-state index in [1.807, 2.05) is 26.0 Å². The van der Waals surface area contributed by atoms with Gasteiger partial charge in [-0.05, 0) is 50.2 Å². The molecule has 1 aromatic carbocycles. The number of halogens is 2. The van der Waals surface area contributed by atoms with Crippen LogP contribution in [0.2, 0.25) is 5.02 Å². The minimum absolute atomic E-state index is 0. The van der Waals surface area contributed by atoms with Crippen LogP contribution < -0.4 is 20.7 Å². The van der Waals surface area contributed by atoms with E-state index in [-0.39, 0.29) is 36.0 Å². The Bertz CT molecular complexity index is 759. The van der Waals surface area contributed by atoms with E-state index in [9.17, 15) is 4.79 Å².